The van der Waals surface area contributed by atoms with E-state index in [1.165, 1.54) is 11.3 Å². The van der Waals surface area contributed by atoms with E-state index < -0.39 is 0 Å². The molecule has 0 saturated carbocycles. The number of methoxy groups -OCH3 is 1. The summed E-state index contributed by atoms with van der Waals surface area (Å²) in [5.74, 6) is -0.0270. The molecule has 1 aliphatic rings. The van der Waals surface area contributed by atoms with Gasteiger partial charge in [0.2, 0.25) is 0 Å². The minimum absolute atomic E-state index is 0.0358. The summed E-state index contributed by atoms with van der Waals surface area (Å²) in [7, 11) is 5.11. The number of ether oxygens (including phenoxy) is 1. The molecular weight excluding hydrogens is 350 g/mol. The quantitative estimate of drug-likeness (QED) is 0.825. The standard InChI is InChI=1S/C19H23N3O3S/c1-21(2)19(24)17-20-15-8-10-22(11-9-16(15)26-17)18(23)14-6-4-13(5-7-14)12-25-3/h4-7H,8-12H2,1-3H3. The molecule has 1 aromatic carbocycles. The third-order valence-electron chi connectivity index (χ3n) is 4.39. The number of nitrogens with zero attached hydrogens (tertiary/aromatic N) is 3. The smallest absolute Gasteiger partial charge is 0.282 e. The van der Waals surface area contributed by atoms with Crippen molar-refractivity contribution in [2.24, 2.45) is 0 Å². The molecule has 0 N–H and O–H groups in total. The second-order valence-electron chi connectivity index (χ2n) is 6.51. The summed E-state index contributed by atoms with van der Waals surface area (Å²) in [6.07, 6.45) is 1.42. The number of hydrogen-bond acceptors (Lipinski definition) is 5. The predicted molar refractivity (Wildman–Crippen MR) is 101 cm³/mol. The van der Waals surface area contributed by atoms with E-state index in [0.717, 1.165) is 22.6 Å². The molecule has 1 aromatic heterocycles. The molecule has 3 rings (SSSR count). The molecule has 0 fully saturated rings. The summed E-state index contributed by atoms with van der Waals surface area (Å²) in [5.41, 5.74) is 2.68. The first kappa shape index (κ1) is 18.5. The van der Waals surface area contributed by atoms with Crippen LogP contribution in [0, 0.1) is 0 Å². The van der Waals surface area contributed by atoms with Crippen molar-refractivity contribution >= 4 is 23.2 Å². The summed E-state index contributed by atoms with van der Waals surface area (Å²) in [4.78, 5) is 33.9. The highest BCUT2D eigenvalue weighted by atomic mass is 32.1. The van der Waals surface area contributed by atoms with Gasteiger partial charge in [-0.2, -0.15) is 0 Å². The van der Waals surface area contributed by atoms with Crippen LogP contribution in [-0.4, -0.2) is 60.9 Å². The number of carbonyl (C=O) groups is 2. The molecule has 138 valence electrons. The maximum absolute atomic E-state index is 12.8. The Bertz CT molecular complexity index is 773. The maximum atomic E-state index is 12.8. The molecule has 0 unspecified atom stereocenters. The molecule has 0 spiro atoms. The first-order valence-electron chi connectivity index (χ1n) is 8.57. The van der Waals surface area contributed by atoms with Gasteiger partial charge >= 0.3 is 0 Å². The topological polar surface area (TPSA) is 62.7 Å². The van der Waals surface area contributed by atoms with Crippen molar-refractivity contribution in [3.63, 3.8) is 0 Å². The number of thiazole rings is 1. The molecule has 0 bridgehead atoms. The van der Waals surface area contributed by atoms with Gasteiger partial charge in [-0.05, 0) is 17.7 Å². The largest absolute Gasteiger partial charge is 0.380 e. The second-order valence-corrected chi connectivity index (χ2v) is 7.59. The van der Waals surface area contributed by atoms with Crippen molar-refractivity contribution in [1.29, 1.82) is 0 Å². The molecule has 0 atom stereocenters. The molecule has 0 aliphatic carbocycles. The summed E-state index contributed by atoms with van der Waals surface area (Å²) in [6.45, 7) is 1.80. The van der Waals surface area contributed by atoms with Gasteiger partial charge in [0.1, 0.15) is 0 Å². The SMILES string of the molecule is COCc1ccc(C(=O)N2CCc3nc(C(=O)N(C)C)sc3CC2)cc1. The van der Waals surface area contributed by atoms with E-state index in [4.69, 9.17) is 4.74 Å². The van der Waals surface area contributed by atoms with Gasteiger partial charge in [-0.3, -0.25) is 9.59 Å². The number of aromatic nitrogens is 1. The number of carbonyl (C=O) groups excluding carboxylic acids is 2. The molecule has 2 amide bonds. The Morgan fingerprint density at radius 1 is 1.19 bits per heavy atom. The zero-order valence-corrected chi connectivity index (χ0v) is 16.1. The van der Waals surface area contributed by atoms with Crippen LogP contribution < -0.4 is 0 Å². The van der Waals surface area contributed by atoms with E-state index in [1.807, 2.05) is 29.2 Å². The molecule has 7 heteroatoms. The van der Waals surface area contributed by atoms with Gasteiger partial charge in [0.05, 0.1) is 12.3 Å². The Labute approximate surface area is 157 Å². The normalized spacial score (nSPS) is 13.9. The lowest BCUT2D eigenvalue weighted by atomic mass is 10.1. The van der Waals surface area contributed by atoms with Crippen molar-refractivity contribution in [3.05, 3.63) is 51.0 Å². The molecule has 6 nitrogen and oxygen atoms in total. The molecule has 2 aromatic rings. The van der Waals surface area contributed by atoms with Crippen LogP contribution >= 0.6 is 11.3 Å². The fraction of sp³-hybridized carbons (Fsp3) is 0.421. The maximum Gasteiger partial charge on any atom is 0.282 e. The van der Waals surface area contributed by atoms with Crippen molar-refractivity contribution < 1.29 is 14.3 Å². The van der Waals surface area contributed by atoms with Crippen LogP contribution in [0.15, 0.2) is 24.3 Å². The highest BCUT2D eigenvalue weighted by molar-refractivity contribution is 7.13. The van der Waals surface area contributed by atoms with E-state index in [1.54, 1.807) is 26.1 Å². The average Bonchev–Trinajstić information content (AvgIpc) is 2.94. The minimum atomic E-state index is -0.0628. The lowest BCUT2D eigenvalue weighted by Crippen LogP contribution is -2.33. The summed E-state index contributed by atoms with van der Waals surface area (Å²) >= 11 is 1.45. The van der Waals surface area contributed by atoms with E-state index in [0.29, 0.717) is 36.7 Å². The highest BCUT2D eigenvalue weighted by Crippen LogP contribution is 2.24. The zero-order chi connectivity index (χ0) is 18.7. The Hall–Kier alpha value is -2.25. The van der Waals surface area contributed by atoms with Crippen LogP contribution in [0.1, 0.15) is 36.3 Å². The van der Waals surface area contributed by atoms with Gasteiger partial charge in [-0.15, -0.1) is 11.3 Å². The Balaban J connectivity index is 1.68. The summed E-state index contributed by atoms with van der Waals surface area (Å²) in [5, 5.41) is 0.536. The van der Waals surface area contributed by atoms with Crippen molar-refractivity contribution in [3.8, 4) is 0 Å². The van der Waals surface area contributed by atoms with Gasteiger partial charge in [-0.25, -0.2) is 4.98 Å². The lowest BCUT2D eigenvalue weighted by molar-refractivity contribution is 0.0761. The van der Waals surface area contributed by atoms with Crippen LogP contribution in [0.4, 0.5) is 0 Å². The van der Waals surface area contributed by atoms with Gasteiger partial charge in [0.15, 0.2) is 5.01 Å². The average molecular weight is 373 g/mol. The Kier molecular flexibility index (Phi) is 5.68. The molecule has 1 aliphatic heterocycles. The number of rotatable bonds is 4. The fourth-order valence-corrected chi connectivity index (χ4v) is 4.06. The van der Waals surface area contributed by atoms with Gasteiger partial charge in [0, 0.05) is 57.6 Å². The minimum Gasteiger partial charge on any atom is -0.380 e. The Morgan fingerprint density at radius 3 is 2.54 bits per heavy atom. The Morgan fingerprint density at radius 2 is 1.88 bits per heavy atom. The van der Waals surface area contributed by atoms with E-state index in [-0.39, 0.29) is 11.8 Å². The van der Waals surface area contributed by atoms with Gasteiger partial charge in [0.25, 0.3) is 11.8 Å². The van der Waals surface area contributed by atoms with E-state index >= 15 is 0 Å². The molecule has 2 heterocycles. The van der Waals surface area contributed by atoms with Crippen LogP contribution in [0.3, 0.4) is 0 Å². The molecule has 0 saturated heterocycles. The number of fused-ring (bicyclic) bond motifs is 1. The fourth-order valence-electron chi connectivity index (χ4n) is 2.94. The van der Waals surface area contributed by atoms with E-state index in [2.05, 4.69) is 4.98 Å². The van der Waals surface area contributed by atoms with E-state index in [9.17, 15) is 9.59 Å². The first-order chi connectivity index (χ1) is 12.5. The van der Waals surface area contributed by atoms with Crippen molar-refractivity contribution in [1.82, 2.24) is 14.8 Å². The van der Waals surface area contributed by atoms with Crippen LogP contribution in [0.5, 0.6) is 0 Å². The molecular formula is C19H23N3O3S. The number of benzene rings is 1. The van der Waals surface area contributed by atoms with Crippen LogP contribution in [0.2, 0.25) is 0 Å². The number of hydrogen-bond donors (Lipinski definition) is 0. The zero-order valence-electron chi connectivity index (χ0n) is 15.3. The van der Waals surface area contributed by atoms with Crippen LogP contribution in [0.25, 0.3) is 0 Å². The second kappa shape index (κ2) is 7.97. The predicted octanol–water partition coefficient (Wildman–Crippen LogP) is 2.23. The monoisotopic (exact) mass is 373 g/mol. The first-order valence-corrected chi connectivity index (χ1v) is 9.38. The summed E-state index contributed by atoms with van der Waals surface area (Å²) in [6, 6.07) is 7.55. The van der Waals surface area contributed by atoms with Gasteiger partial charge < -0.3 is 14.5 Å². The highest BCUT2D eigenvalue weighted by Gasteiger charge is 2.24. The molecule has 26 heavy (non-hydrogen) atoms. The third kappa shape index (κ3) is 3.94. The van der Waals surface area contributed by atoms with Crippen LogP contribution in [-0.2, 0) is 24.2 Å². The lowest BCUT2D eigenvalue weighted by Gasteiger charge is -2.20. The third-order valence-corrected chi connectivity index (χ3v) is 5.54. The van der Waals surface area contributed by atoms with Crippen molar-refractivity contribution in [2.45, 2.75) is 19.4 Å². The van der Waals surface area contributed by atoms with Crippen molar-refractivity contribution in [2.75, 3.05) is 34.3 Å². The molecule has 0 radical (unpaired) electrons. The summed E-state index contributed by atoms with van der Waals surface area (Å²) < 4.78 is 5.10. The number of amides is 2. The van der Waals surface area contributed by atoms with Gasteiger partial charge in [-0.1, -0.05) is 12.1 Å².